The van der Waals surface area contributed by atoms with Gasteiger partial charge >= 0.3 is 0 Å². The second-order valence-electron chi connectivity index (χ2n) is 4.73. The van der Waals surface area contributed by atoms with E-state index in [1.807, 2.05) is 24.5 Å². The molecule has 106 valence electrons. The predicted octanol–water partition coefficient (Wildman–Crippen LogP) is 2.77. The number of nitrogens with one attached hydrogen (secondary N) is 1. The van der Waals surface area contributed by atoms with Gasteiger partial charge in [-0.15, -0.1) is 0 Å². The van der Waals surface area contributed by atoms with Gasteiger partial charge in [0.1, 0.15) is 12.1 Å². The molecule has 4 heteroatoms. The molecule has 0 saturated carbocycles. The highest BCUT2D eigenvalue weighted by Crippen LogP contribution is 2.19. The van der Waals surface area contributed by atoms with Gasteiger partial charge in [0.05, 0.1) is 7.11 Å². The van der Waals surface area contributed by atoms with Crippen molar-refractivity contribution >= 4 is 0 Å². The minimum Gasteiger partial charge on any atom is -0.497 e. The van der Waals surface area contributed by atoms with Crippen molar-refractivity contribution in [3.63, 3.8) is 0 Å². The molecule has 1 unspecified atom stereocenters. The summed E-state index contributed by atoms with van der Waals surface area (Å²) in [6, 6.07) is 8.43. The van der Waals surface area contributed by atoms with Crippen LogP contribution in [0.2, 0.25) is 0 Å². The Labute approximate surface area is 120 Å². The molecule has 1 heterocycles. The smallest absolute Gasteiger partial charge is 0.118 e. The second-order valence-corrected chi connectivity index (χ2v) is 4.73. The van der Waals surface area contributed by atoms with Crippen LogP contribution in [0.3, 0.4) is 0 Å². The number of ether oxygens (including phenoxy) is 1. The second kappa shape index (κ2) is 7.60. The fourth-order valence-electron chi connectivity index (χ4n) is 2.11. The first-order valence-electron chi connectivity index (χ1n) is 6.94. The zero-order valence-corrected chi connectivity index (χ0v) is 12.0. The van der Waals surface area contributed by atoms with E-state index in [2.05, 4.69) is 34.3 Å². The molecule has 0 fully saturated rings. The first-order valence-corrected chi connectivity index (χ1v) is 6.94. The third kappa shape index (κ3) is 4.03. The van der Waals surface area contributed by atoms with E-state index in [4.69, 9.17) is 4.74 Å². The summed E-state index contributed by atoms with van der Waals surface area (Å²) in [5.74, 6) is 0.884. The molecule has 1 aromatic heterocycles. The third-order valence-corrected chi connectivity index (χ3v) is 3.22. The minimum absolute atomic E-state index is 0.240. The Balaban J connectivity index is 2.10. The van der Waals surface area contributed by atoms with E-state index in [0.717, 1.165) is 30.7 Å². The van der Waals surface area contributed by atoms with Crippen LogP contribution in [0.1, 0.15) is 30.5 Å². The van der Waals surface area contributed by atoms with Gasteiger partial charge in [0.25, 0.3) is 0 Å². The van der Waals surface area contributed by atoms with Crippen molar-refractivity contribution in [2.24, 2.45) is 0 Å². The summed E-state index contributed by atoms with van der Waals surface area (Å²) in [7, 11) is 1.68. The van der Waals surface area contributed by atoms with Crippen molar-refractivity contribution < 1.29 is 4.74 Å². The lowest BCUT2D eigenvalue weighted by Crippen LogP contribution is -2.24. The average molecular weight is 271 g/mol. The summed E-state index contributed by atoms with van der Waals surface area (Å²) in [6.45, 7) is 3.15. The number of hydrogen-bond donors (Lipinski definition) is 1. The van der Waals surface area contributed by atoms with Crippen LogP contribution >= 0.6 is 0 Å². The fraction of sp³-hybridized carbons (Fsp3) is 0.375. The van der Waals surface area contributed by atoms with Gasteiger partial charge in [-0.05, 0) is 37.1 Å². The van der Waals surface area contributed by atoms with Crippen LogP contribution in [0.4, 0.5) is 0 Å². The van der Waals surface area contributed by atoms with Crippen LogP contribution in [-0.2, 0) is 6.42 Å². The number of nitrogens with zero attached hydrogens (tertiary/aromatic N) is 2. The largest absolute Gasteiger partial charge is 0.497 e. The van der Waals surface area contributed by atoms with E-state index >= 15 is 0 Å². The quantitative estimate of drug-likeness (QED) is 0.841. The molecular weight excluding hydrogens is 250 g/mol. The van der Waals surface area contributed by atoms with Crippen LogP contribution in [0.25, 0.3) is 0 Å². The Kier molecular flexibility index (Phi) is 5.50. The third-order valence-electron chi connectivity index (χ3n) is 3.22. The Morgan fingerprint density at radius 2 is 1.85 bits per heavy atom. The number of rotatable bonds is 7. The molecule has 2 rings (SSSR count). The van der Waals surface area contributed by atoms with Gasteiger partial charge in [0.15, 0.2) is 0 Å². The summed E-state index contributed by atoms with van der Waals surface area (Å²) in [5.41, 5.74) is 2.39. The zero-order chi connectivity index (χ0) is 14.2. The molecular formula is C16H21N3O. The summed E-state index contributed by atoms with van der Waals surface area (Å²) >= 11 is 0. The lowest BCUT2D eigenvalue weighted by Gasteiger charge is -2.18. The molecule has 0 spiro atoms. The van der Waals surface area contributed by atoms with Gasteiger partial charge in [0.2, 0.25) is 0 Å². The van der Waals surface area contributed by atoms with Crippen molar-refractivity contribution in [2.45, 2.75) is 25.8 Å². The van der Waals surface area contributed by atoms with Crippen molar-refractivity contribution in [3.05, 3.63) is 54.1 Å². The van der Waals surface area contributed by atoms with Crippen LogP contribution in [0.5, 0.6) is 5.75 Å². The lowest BCUT2D eigenvalue weighted by molar-refractivity contribution is 0.414. The van der Waals surface area contributed by atoms with E-state index in [1.54, 1.807) is 13.4 Å². The molecule has 0 amide bonds. The van der Waals surface area contributed by atoms with Crippen LogP contribution in [0, 0.1) is 0 Å². The normalized spacial score (nSPS) is 12.1. The predicted molar refractivity (Wildman–Crippen MR) is 79.8 cm³/mol. The number of methoxy groups -OCH3 is 1. The highest BCUT2D eigenvalue weighted by molar-refractivity contribution is 5.28. The molecule has 0 bridgehead atoms. The number of hydrogen-bond acceptors (Lipinski definition) is 4. The van der Waals surface area contributed by atoms with Crippen molar-refractivity contribution in [3.8, 4) is 5.75 Å². The molecule has 1 aromatic carbocycles. The SMILES string of the molecule is CCCNC(Cc1ccc(OC)cc1)c1cncnc1. The van der Waals surface area contributed by atoms with Gasteiger partial charge < -0.3 is 10.1 Å². The first kappa shape index (κ1) is 14.5. The summed E-state index contributed by atoms with van der Waals surface area (Å²) in [4.78, 5) is 8.22. The van der Waals surface area contributed by atoms with Crippen molar-refractivity contribution in [1.29, 1.82) is 0 Å². The Hall–Kier alpha value is -1.94. The molecule has 20 heavy (non-hydrogen) atoms. The Morgan fingerprint density at radius 1 is 1.15 bits per heavy atom. The molecule has 0 radical (unpaired) electrons. The maximum absolute atomic E-state index is 5.19. The molecule has 0 aliphatic heterocycles. The highest BCUT2D eigenvalue weighted by Gasteiger charge is 2.12. The van der Waals surface area contributed by atoms with Gasteiger partial charge in [0, 0.05) is 24.0 Å². The molecule has 4 nitrogen and oxygen atoms in total. The van der Waals surface area contributed by atoms with E-state index in [-0.39, 0.29) is 6.04 Å². The first-order chi connectivity index (χ1) is 9.83. The van der Waals surface area contributed by atoms with Crippen LogP contribution in [-0.4, -0.2) is 23.6 Å². The summed E-state index contributed by atoms with van der Waals surface area (Å²) in [6.07, 6.45) is 7.34. The van der Waals surface area contributed by atoms with E-state index in [0.29, 0.717) is 0 Å². The minimum atomic E-state index is 0.240. The molecule has 1 atom stereocenters. The Bertz CT molecular complexity index is 499. The summed E-state index contributed by atoms with van der Waals surface area (Å²) in [5, 5.41) is 3.55. The van der Waals surface area contributed by atoms with Gasteiger partial charge in [-0.1, -0.05) is 19.1 Å². The topological polar surface area (TPSA) is 47.0 Å². The standard InChI is InChI=1S/C16H21N3O/c1-3-8-19-16(14-10-17-12-18-11-14)9-13-4-6-15(20-2)7-5-13/h4-7,10-12,16,19H,3,8-9H2,1-2H3. The van der Waals surface area contributed by atoms with Crippen molar-refractivity contribution in [1.82, 2.24) is 15.3 Å². The average Bonchev–Trinajstić information content (AvgIpc) is 2.53. The van der Waals surface area contributed by atoms with Gasteiger partial charge in [-0.25, -0.2) is 9.97 Å². The van der Waals surface area contributed by atoms with E-state index in [9.17, 15) is 0 Å². The zero-order valence-electron chi connectivity index (χ0n) is 12.0. The monoisotopic (exact) mass is 271 g/mol. The fourth-order valence-corrected chi connectivity index (χ4v) is 2.11. The van der Waals surface area contributed by atoms with Gasteiger partial charge in [-0.2, -0.15) is 0 Å². The van der Waals surface area contributed by atoms with Gasteiger partial charge in [-0.3, -0.25) is 0 Å². The molecule has 2 aromatic rings. The maximum atomic E-state index is 5.19. The number of aromatic nitrogens is 2. The summed E-state index contributed by atoms with van der Waals surface area (Å²) < 4.78 is 5.19. The van der Waals surface area contributed by atoms with Crippen molar-refractivity contribution in [2.75, 3.05) is 13.7 Å². The van der Waals surface area contributed by atoms with Crippen LogP contribution in [0.15, 0.2) is 43.0 Å². The highest BCUT2D eigenvalue weighted by atomic mass is 16.5. The molecule has 0 aliphatic carbocycles. The maximum Gasteiger partial charge on any atom is 0.118 e. The molecule has 0 aliphatic rings. The Morgan fingerprint density at radius 3 is 2.45 bits per heavy atom. The number of benzene rings is 1. The molecule has 0 saturated heterocycles. The van der Waals surface area contributed by atoms with E-state index in [1.165, 1.54) is 5.56 Å². The van der Waals surface area contributed by atoms with E-state index < -0.39 is 0 Å². The lowest BCUT2D eigenvalue weighted by atomic mass is 10.0. The van der Waals surface area contributed by atoms with Crippen LogP contribution < -0.4 is 10.1 Å². The molecule has 1 N–H and O–H groups in total.